The summed E-state index contributed by atoms with van der Waals surface area (Å²) in [6.45, 7) is 6.37. The van der Waals surface area contributed by atoms with Gasteiger partial charge in [-0.05, 0) is 50.8 Å². The lowest BCUT2D eigenvalue weighted by Crippen LogP contribution is -2.40. The SMILES string of the molecule is CCN(Cc1occc1C)C1CCC(N)CC1. The van der Waals surface area contributed by atoms with Crippen molar-refractivity contribution < 1.29 is 4.42 Å². The quantitative estimate of drug-likeness (QED) is 0.874. The van der Waals surface area contributed by atoms with Crippen LogP contribution in [0.2, 0.25) is 0 Å². The van der Waals surface area contributed by atoms with Crippen molar-refractivity contribution in [1.82, 2.24) is 4.90 Å². The molecule has 1 aliphatic carbocycles. The van der Waals surface area contributed by atoms with Crippen molar-refractivity contribution in [2.45, 2.75) is 58.2 Å². The van der Waals surface area contributed by atoms with Gasteiger partial charge in [0.25, 0.3) is 0 Å². The van der Waals surface area contributed by atoms with Crippen molar-refractivity contribution in [3.63, 3.8) is 0 Å². The largest absolute Gasteiger partial charge is 0.468 e. The Bertz CT molecular complexity index is 340. The molecule has 1 heterocycles. The molecule has 0 aromatic carbocycles. The number of aryl methyl sites for hydroxylation is 1. The lowest BCUT2D eigenvalue weighted by molar-refractivity contribution is 0.139. The van der Waals surface area contributed by atoms with Crippen molar-refractivity contribution in [3.05, 3.63) is 23.7 Å². The van der Waals surface area contributed by atoms with Crippen molar-refractivity contribution in [3.8, 4) is 0 Å². The van der Waals surface area contributed by atoms with Crippen LogP contribution >= 0.6 is 0 Å². The third kappa shape index (κ3) is 3.11. The predicted molar refractivity (Wildman–Crippen MR) is 69.8 cm³/mol. The molecule has 0 radical (unpaired) electrons. The molecule has 1 aromatic rings. The van der Waals surface area contributed by atoms with Gasteiger partial charge < -0.3 is 10.2 Å². The van der Waals surface area contributed by atoms with Crippen molar-refractivity contribution in [2.75, 3.05) is 6.54 Å². The molecular weight excluding hydrogens is 212 g/mol. The van der Waals surface area contributed by atoms with Gasteiger partial charge in [-0.3, -0.25) is 4.90 Å². The Morgan fingerprint density at radius 1 is 1.35 bits per heavy atom. The zero-order valence-corrected chi connectivity index (χ0v) is 11.0. The van der Waals surface area contributed by atoms with Crippen LogP contribution in [0.4, 0.5) is 0 Å². The number of nitrogens with zero attached hydrogens (tertiary/aromatic N) is 1. The molecule has 2 N–H and O–H groups in total. The van der Waals surface area contributed by atoms with Crippen LogP contribution in [-0.4, -0.2) is 23.5 Å². The van der Waals surface area contributed by atoms with E-state index in [2.05, 4.69) is 18.7 Å². The van der Waals surface area contributed by atoms with Gasteiger partial charge in [-0.1, -0.05) is 6.92 Å². The van der Waals surface area contributed by atoms with Gasteiger partial charge >= 0.3 is 0 Å². The first-order chi connectivity index (χ1) is 8.20. The van der Waals surface area contributed by atoms with E-state index < -0.39 is 0 Å². The second-order valence-electron chi connectivity index (χ2n) is 5.16. The normalized spacial score (nSPS) is 25.4. The van der Waals surface area contributed by atoms with E-state index in [1.165, 1.54) is 18.4 Å². The van der Waals surface area contributed by atoms with E-state index in [4.69, 9.17) is 10.2 Å². The maximum atomic E-state index is 5.96. The average Bonchev–Trinajstić information content (AvgIpc) is 2.73. The molecule has 2 rings (SSSR count). The second kappa shape index (κ2) is 5.69. The molecule has 1 fully saturated rings. The van der Waals surface area contributed by atoms with Crippen molar-refractivity contribution >= 4 is 0 Å². The summed E-state index contributed by atoms with van der Waals surface area (Å²) in [5.41, 5.74) is 7.22. The highest BCUT2D eigenvalue weighted by molar-refractivity contribution is 5.14. The molecule has 0 bridgehead atoms. The average molecular weight is 236 g/mol. The van der Waals surface area contributed by atoms with Crippen LogP contribution in [0, 0.1) is 6.92 Å². The third-order valence-corrected chi connectivity index (χ3v) is 3.98. The molecule has 1 aliphatic rings. The highest BCUT2D eigenvalue weighted by atomic mass is 16.3. The van der Waals surface area contributed by atoms with Crippen LogP contribution in [0.25, 0.3) is 0 Å². The Labute approximate surface area is 104 Å². The number of hydrogen-bond acceptors (Lipinski definition) is 3. The summed E-state index contributed by atoms with van der Waals surface area (Å²) in [7, 11) is 0. The van der Waals surface area contributed by atoms with Gasteiger partial charge in [0.1, 0.15) is 5.76 Å². The van der Waals surface area contributed by atoms with E-state index in [9.17, 15) is 0 Å². The minimum absolute atomic E-state index is 0.426. The smallest absolute Gasteiger partial charge is 0.120 e. The van der Waals surface area contributed by atoms with Gasteiger partial charge in [0.15, 0.2) is 0 Å². The van der Waals surface area contributed by atoms with Crippen LogP contribution in [0.1, 0.15) is 43.9 Å². The minimum Gasteiger partial charge on any atom is -0.468 e. The molecule has 96 valence electrons. The van der Waals surface area contributed by atoms with Crippen LogP contribution in [0.5, 0.6) is 0 Å². The molecule has 3 heteroatoms. The Kier molecular flexibility index (Phi) is 4.24. The van der Waals surface area contributed by atoms with E-state index in [0.29, 0.717) is 12.1 Å². The fourth-order valence-corrected chi connectivity index (χ4v) is 2.72. The fraction of sp³-hybridized carbons (Fsp3) is 0.714. The molecule has 1 saturated carbocycles. The summed E-state index contributed by atoms with van der Waals surface area (Å²) in [5, 5.41) is 0. The molecule has 0 saturated heterocycles. The molecule has 0 atom stereocenters. The standard InChI is InChI=1S/C14H24N2O/c1-3-16(10-14-11(2)8-9-17-14)13-6-4-12(15)5-7-13/h8-9,12-13H,3-7,10,15H2,1-2H3. The molecule has 0 spiro atoms. The van der Waals surface area contributed by atoms with E-state index in [1.54, 1.807) is 6.26 Å². The summed E-state index contributed by atoms with van der Waals surface area (Å²) in [4.78, 5) is 2.53. The third-order valence-electron chi connectivity index (χ3n) is 3.98. The van der Waals surface area contributed by atoms with Gasteiger partial charge in [0.2, 0.25) is 0 Å². The minimum atomic E-state index is 0.426. The Balaban J connectivity index is 1.95. The molecular formula is C14H24N2O. The van der Waals surface area contributed by atoms with E-state index in [-0.39, 0.29) is 0 Å². The van der Waals surface area contributed by atoms with Crippen LogP contribution in [0.15, 0.2) is 16.7 Å². The van der Waals surface area contributed by atoms with Crippen LogP contribution in [0.3, 0.4) is 0 Å². The Hall–Kier alpha value is -0.800. The molecule has 0 aliphatic heterocycles. The predicted octanol–water partition coefficient (Wildman–Crippen LogP) is 2.68. The van der Waals surface area contributed by atoms with Gasteiger partial charge in [0, 0.05) is 12.1 Å². The first-order valence-electron chi connectivity index (χ1n) is 6.73. The summed E-state index contributed by atoms with van der Waals surface area (Å²) in [6.07, 6.45) is 6.58. The summed E-state index contributed by atoms with van der Waals surface area (Å²) >= 11 is 0. The van der Waals surface area contributed by atoms with Gasteiger partial charge in [0.05, 0.1) is 12.8 Å². The molecule has 1 aromatic heterocycles. The number of nitrogens with two attached hydrogens (primary N) is 1. The zero-order chi connectivity index (χ0) is 12.3. The molecule has 0 unspecified atom stereocenters. The molecule has 17 heavy (non-hydrogen) atoms. The number of hydrogen-bond donors (Lipinski definition) is 1. The highest BCUT2D eigenvalue weighted by Gasteiger charge is 2.24. The van der Waals surface area contributed by atoms with E-state index in [0.717, 1.165) is 31.7 Å². The lowest BCUT2D eigenvalue weighted by Gasteiger charge is -2.35. The Morgan fingerprint density at radius 3 is 2.59 bits per heavy atom. The zero-order valence-electron chi connectivity index (χ0n) is 11.0. The van der Waals surface area contributed by atoms with Gasteiger partial charge in [-0.25, -0.2) is 0 Å². The van der Waals surface area contributed by atoms with Crippen LogP contribution in [-0.2, 0) is 6.54 Å². The first kappa shape index (κ1) is 12.7. The van der Waals surface area contributed by atoms with E-state index >= 15 is 0 Å². The van der Waals surface area contributed by atoms with Crippen molar-refractivity contribution in [2.24, 2.45) is 5.73 Å². The summed E-state index contributed by atoms with van der Waals surface area (Å²) in [6, 6.07) is 3.15. The molecule has 3 nitrogen and oxygen atoms in total. The maximum Gasteiger partial charge on any atom is 0.120 e. The fourth-order valence-electron chi connectivity index (χ4n) is 2.72. The summed E-state index contributed by atoms with van der Waals surface area (Å²) in [5.74, 6) is 1.11. The topological polar surface area (TPSA) is 42.4 Å². The van der Waals surface area contributed by atoms with Gasteiger partial charge in [-0.2, -0.15) is 0 Å². The van der Waals surface area contributed by atoms with Crippen LogP contribution < -0.4 is 5.73 Å². The number of rotatable bonds is 4. The first-order valence-corrected chi connectivity index (χ1v) is 6.73. The van der Waals surface area contributed by atoms with Gasteiger partial charge in [-0.15, -0.1) is 0 Å². The van der Waals surface area contributed by atoms with E-state index in [1.807, 2.05) is 6.07 Å². The monoisotopic (exact) mass is 236 g/mol. The Morgan fingerprint density at radius 2 is 2.06 bits per heavy atom. The highest BCUT2D eigenvalue weighted by Crippen LogP contribution is 2.24. The second-order valence-corrected chi connectivity index (χ2v) is 5.16. The van der Waals surface area contributed by atoms with Crippen molar-refractivity contribution in [1.29, 1.82) is 0 Å². The lowest BCUT2D eigenvalue weighted by atomic mass is 9.90. The maximum absolute atomic E-state index is 5.96. The number of furan rings is 1. The molecule has 0 amide bonds. The summed E-state index contributed by atoms with van der Waals surface area (Å²) < 4.78 is 5.54.